The molecular formula is C19H26N2O5. The third-order valence-electron chi connectivity index (χ3n) is 4.15. The Kier molecular flexibility index (Phi) is 7.62. The van der Waals surface area contributed by atoms with E-state index in [-0.39, 0.29) is 30.9 Å². The smallest absolute Gasteiger partial charge is 0.223 e. The fourth-order valence-corrected chi connectivity index (χ4v) is 2.62. The first-order chi connectivity index (χ1) is 12.5. The molecule has 1 heterocycles. The molecule has 2 rings (SSSR count). The lowest BCUT2D eigenvalue weighted by atomic mass is 10.0. The topological polar surface area (TPSA) is 96.9 Å². The van der Waals surface area contributed by atoms with Gasteiger partial charge in [-0.15, -0.1) is 0 Å². The summed E-state index contributed by atoms with van der Waals surface area (Å²) in [6.07, 6.45) is 3.05. The zero-order chi connectivity index (χ0) is 18.9. The van der Waals surface area contributed by atoms with E-state index in [9.17, 15) is 14.7 Å². The molecule has 0 saturated heterocycles. The van der Waals surface area contributed by atoms with E-state index >= 15 is 0 Å². The molecule has 0 radical (unpaired) electrons. The molecule has 1 aromatic carbocycles. The van der Waals surface area contributed by atoms with E-state index in [0.29, 0.717) is 13.0 Å². The van der Waals surface area contributed by atoms with Crippen molar-refractivity contribution in [3.8, 4) is 5.75 Å². The van der Waals surface area contributed by atoms with Crippen LogP contribution < -0.4 is 15.4 Å². The number of benzene rings is 1. The highest BCUT2D eigenvalue weighted by molar-refractivity contribution is 5.77. The number of rotatable bonds is 8. The number of carbonyl (C=O) groups excluding carboxylic acids is 2. The van der Waals surface area contributed by atoms with Crippen molar-refractivity contribution in [2.45, 2.75) is 44.6 Å². The van der Waals surface area contributed by atoms with Gasteiger partial charge in [0, 0.05) is 13.0 Å². The zero-order valence-electron chi connectivity index (χ0n) is 15.1. The summed E-state index contributed by atoms with van der Waals surface area (Å²) < 4.78 is 10.8. The summed E-state index contributed by atoms with van der Waals surface area (Å²) in [6.45, 7) is 1.94. The molecule has 2 amide bonds. The van der Waals surface area contributed by atoms with Crippen molar-refractivity contribution in [2.24, 2.45) is 0 Å². The van der Waals surface area contributed by atoms with Gasteiger partial charge in [-0.1, -0.05) is 31.2 Å². The van der Waals surface area contributed by atoms with Crippen LogP contribution in [-0.4, -0.2) is 48.9 Å². The van der Waals surface area contributed by atoms with Crippen molar-refractivity contribution in [1.82, 2.24) is 10.6 Å². The Balaban J connectivity index is 1.82. The van der Waals surface area contributed by atoms with Crippen molar-refractivity contribution in [1.29, 1.82) is 0 Å². The van der Waals surface area contributed by atoms with Crippen LogP contribution in [0.15, 0.2) is 36.4 Å². The van der Waals surface area contributed by atoms with Gasteiger partial charge >= 0.3 is 0 Å². The first-order valence-electron chi connectivity index (χ1n) is 8.69. The maximum atomic E-state index is 12.1. The molecule has 7 nitrogen and oxygen atoms in total. The van der Waals surface area contributed by atoms with E-state index < -0.39 is 12.2 Å². The molecule has 26 heavy (non-hydrogen) atoms. The second-order valence-corrected chi connectivity index (χ2v) is 6.06. The van der Waals surface area contributed by atoms with Crippen LogP contribution in [0.1, 0.15) is 25.3 Å². The molecule has 1 aliphatic rings. The fourth-order valence-electron chi connectivity index (χ4n) is 2.62. The molecule has 0 aliphatic carbocycles. The van der Waals surface area contributed by atoms with Crippen LogP contribution in [0.2, 0.25) is 0 Å². The molecule has 1 aliphatic heterocycles. The largest absolute Gasteiger partial charge is 0.497 e. The minimum absolute atomic E-state index is 0.114. The van der Waals surface area contributed by atoms with Gasteiger partial charge in [0.1, 0.15) is 11.9 Å². The molecule has 0 fully saturated rings. The number of amides is 2. The summed E-state index contributed by atoms with van der Waals surface area (Å²) in [7, 11) is 1.60. The van der Waals surface area contributed by atoms with Crippen molar-refractivity contribution in [2.75, 3.05) is 13.7 Å². The van der Waals surface area contributed by atoms with Gasteiger partial charge in [-0.3, -0.25) is 9.59 Å². The number of methoxy groups -OCH3 is 1. The highest BCUT2D eigenvalue weighted by atomic mass is 16.5. The number of carbonyl (C=O) groups is 2. The van der Waals surface area contributed by atoms with Gasteiger partial charge in [0.15, 0.2) is 0 Å². The van der Waals surface area contributed by atoms with Crippen molar-refractivity contribution < 1.29 is 24.2 Å². The Bertz CT molecular complexity index is 629. The summed E-state index contributed by atoms with van der Waals surface area (Å²) in [5.74, 6) is 0.501. The van der Waals surface area contributed by atoms with Crippen molar-refractivity contribution >= 4 is 11.8 Å². The monoisotopic (exact) mass is 362 g/mol. The molecule has 0 aromatic heterocycles. The first kappa shape index (κ1) is 19.9. The lowest BCUT2D eigenvalue weighted by Crippen LogP contribution is -2.48. The molecule has 3 atom stereocenters. The lowest BCUT2D eigenvalue weighted by molar-refractivity contribution is -0.128. The van der Waals surface area contributed by atoms with Gasteiger partial charge in [0.05, 0.1) is 32.3 Å². The van der Waals surface area contributed by atoms with E-state index in [1.807, 2.05) is 24.3 Å². The number of ether oxygens (including phenoxy) is 2. The number of aliphatic hydroxyl groups excluding tert-OH is 1. The van der Waals surface area contributed by atoms with Gasteiger partial charge in [0.25, 0.3) is 0 Å². The maximum Gasteiger partial charge on any atom is 0.223 e. The van der Waals surface area contributed by atoms with Crippen molar-refractivity contribution in [3.63, 3.8) is 0 Å². The average Bonchev–Trinajstić information content (AvgIpc) is 2.67. The standard InChI is InChI=1S/C19H26N2O5/c1-3-18(23)21-16-9-8-15(26-17(16)12-22)10-19(24)20-11-13-4-6-14(25-2)7-5-13/h4-9,15-17,22H,3,10-12H2,1-2H3,(H,20,24)(H,21,23)/t15-,16+,17+/m1/s1. The molecule has 0 unspecified atom stereocenters. The molecule has 0 spiro atoms. The van der Waals surface area contributed by atoms with Crippen LogP contribution in [0.25, 0.3) is 0 Å². The van der Waals surface area contributed by atoms with Crippen molar-refractivity contribution in [3.05, 3.63) is 42.0 Å². The van der Waals surface area contributed by atoms with Gasteiger partial charge < -0.3 is 25.2 Å². The van der Waals surface area contributed by atoms with Gasteiger partial charge in [-0.05, 0) is 17.7 Å². The first-order valence-corrected chi connectivity index (χ1v) is 8.69. The average molecular weight is 362 g/mol. The van der Waals surface area contributed by atoms with Crippen LogP contribution in [-0.2, 0) is 20.9 Å². The van der Waals surface area contributed by atoms with E-state index in [1.165, 1.54) is 0 Å². The zero-order valence-corrected chi connectivity index (χ0v) is 15.1. The van der Waals surface area contributed by atoms with Gasteiger partial charge in [-0.2, -0.15) is 0 Å². The van der Waals surface area contributed by atoms with Crippen LogP contribution in [0, 0.1) is 0 Å². The molecule has 1 aromatic rings. The van der Waals surface area contributed by atoms with Crippen LogP contribution >= 0.6 is 0 Å². The number of nitrogens with one attached hydrogen (secondary N) is 2. The molecule has 142 valence electrons. The Morgan fingerprint density at radius 2 is 1.92 bits per heavy atom. The Morgan fingerprint density at radius 1 is 1.19 bits per heavy atom. The second-order valence-electron chi connectivity index (χ2n) is 6.06. The number of aliphatic hydroxyl groups is 1. The van der Waals surface area contributed by atoms with E-state index in [2.05, 4.69) is 10.6 Å². The van der Waals surface area contributed by atoms with Crippen LogP contribution in [0.4, 0.5) is 0 Å². The Hall–Kier alpha value is -2.38. The van der Waals surface area contributed by atoms with E-state index in [0.717, 1.165) is 11.3 Å². The van der Waals surface area contributed by atoms with Gasteiger partial charge in [-0.25, -0.2) is 0 Å². The summed E-state index contributed by atoms with van der Waals surface area (Å²) >= 11 is 0. The summed E-state index contributed by atoms with van der Waals surface area (Å²) in [5.41, 5.74) is 0.967. The van der Waals surface area contributed by atoms with Crippen LogP contribution in [0.3, 0.4) is 0 Å². The maximum absolute atomic E-state index is 12.1. The summed E-state index contributed by atoms with van der Waals surface area (Å²) in [4.78, 5) is 23.6. The minimum Gasteiger partial charge on any atom is -0.497 e. The van der Waals surface area contributed by atoms with E-state index in [4.69, 9.17) is 9.47 Å². The molecule has 0 saturated carbocycles. The highest BCUT2D eigenvalue weighted by Gasteiger charge is 2.28. The number of hydrogen-bond acceptors (Lipinski definition) is 5. The van der Waals surface area contributed by atoms with E-state index in [1.54, 1.807) is 26.2 Å². The fraction of sp³-hybridized carbons (Fsp3) is 0.474. The third-order valence-corrected chi connectivity index (χ3v) is 4.15. The van der Waals surface area contributed by atoms with Gasteiger partial charge in [0.2, 0.25) is 11.8 Å². The SMILES string of the molecule is CCC(=O)N[C@H]1C=C[C@H](CC(=O)NCc2ccc(OC)cc2)O[C@H]1CO. The normalized spacial score (nSPS) is 21.9. The predicted octanol–water partition coefficient (Wildman–Crippen LogP) is 0.912. The molecular weight excluding hydrogens is 336 g/mol. The number of hydrogen-bond donors (Lipinski definition) is 3. The Labute approximate surface area is 153 Å². The quantitative estimate of drug-likeness (QED) is 0.598. The summed E-state index contributed by atoms with van der Waals surface area (Å²) in [6, 6.07) is 7.07. The third kappa shape index (κ3) is 5.86. The van der Waals surface area contributed by atoms with Crippen LogP contribution in [0.5, 0.6) is 5.75 Å². The molecule has 7 heteroatoms. The molecule has 0 bridgehead atoms. The lowest BCUT2D eigenvalue weighted by Gasteiger charge is -2.31. The highest BCUT2D eigenvalue weighted by Crippen LogP contribution is 2.16. The summed E-state index contributed by atoms with van der Waals surface area (Å²) in [5, 5.41) is 15.1. The minimum atomic E-state index is -0.560. The second kappa shape index (κ2) is 9.94. The molecule has 3 N–H and O–H groups in total. The predicted molar refractivity (Wildman–Crippen MR) is 96.6 cm³/mol. The Morgan fingerprint density at radius 3 is 2.54 bits per heavy atom.